The van der Waals surface area contributed by atoms with Crippen molar-refractivity contribution in [1.82, 2.24) is 10.2 Å². The average molecular weight is 561 g/mol. The molecule has 0 radical (unpaired) electrons. The lowest BCUT2D eigenvalue weighted by atomic mass is 10.1. The molecule has 7 nitrogen and oxygen atoms in total. The number of halogens is 3. The fourth-order valence-electron chi connectivity index (χ4n) is 3.53. The summed E-state index contributed by atoms with van der Waals surface area (Å²) in [4.78, 5) is 27.5. The molecule has 0 saturated heterocycles. The summed E-state index contributed by atoms with van der Waals surface area (Å²) in [6.07, 6.45) is 1.01. The molecule has 0 aromatic heterocycles. The summed E-state index contributed by atoms with van der Waals surface area (Å²) in [7, 11) is -3.79. The van der Waals surface area contributed by atoms with E-state index >= 15 is 0 Å². The van der Waals surface area contributed by atoms with E-state index < -0.39 is 21.9 Å². The molecule has 0 heterocycles. The Balaban J connectivity index is 2.23. The van der Waals surface area contributed by atoms with Crippen molar-refractivity contribution in [2.75, 3.05) is 23.7 Å². The van der Waals surface area contributed by atoms with Gasteiger partial charge in [-0.3, -0.25) is 13.9 Å². The molecule has 0 fully saturated rings. The van der Waals surface area contributed by atoms with Gasteiger partial charge in [-0.15, -0.1) is 0 Å². The number of rotatable bonds is 12. The molecule has 0 unspecified atom stereocenters. The van der Waals surface area contributed by atoms with Crippen LogP contribution in [0, 0.1) is 11.7 Å². The number of amides is 2. The van der Waals surface area contributed by atoms with Crippen LogP contribution in [-0.2, 0) is 26.2 Å². The molecule has 1 N–H and O–H groups in total. The standard InChI is InChI=1S/C25H32Cl2FN3O4S/c1-17(2)15-29-25(33)18(3)30(16-19-20(26)9-7-10-21(19)27)24(32)13-8-14-31(36(4,34)35)23-12-6-5-11-22(23)28/h5-7,9-12,17-18H,8,13-16H2,1-4H3,(H,29,33)/t18-/m1/s1. The van der Waals surface area contributed by atoms with Crippen LogP contribution in [0.15, 0.2) is 42.5 Å². The third kappa shape index (κ3) is 8.35. The summed E-state index contributed by atoms with van der Waals surface area (Å²) in [5, 5.41) is 3.54. The van der Waals surface area contributed by atoms with Crippen molar-refractivity contribution in [3.63, 3.8) is 0 Å². The van der Waals surface area contributed by atoms with Crippen molar-refractivity contribution in [2.24, 2.45) is 5.92 Å². The molecule has 198 valence electrons. The van der Waals surface area contributed by atoms with E-state index in [2.05, 4.69) is 5.32 Å². The van der Waals surface area contributed by atoms with E-state index in [4.69, 9.17) is 23.2 Å². The zero-order valence-electron chi connectivity index (χ0n) is 20.8. The summed E-state index contributed by atoms with van der Waals surface area (Å²) in [6.45, 7) is 5.86. The number of carbonyl (C=O) groups is 2. The third-order valence-electron chi connectivity index (χ3n) is 5.52. The predicted molar refractivity (Wildman–Crippen MR) is 142 cm³/mol. The molecule has 2 aromatic rings. The maximum atomic E-state index is 14.3. The molecule has 2 rings (SSSR count). The first-order valence-electron chi connectivity index (χ1n) is 11.5. The Hall–Kier alpha value is -2.36. The zero-order valence-corrected chi connectivity index (χ0v) is 23.1. The number of nitrogens with zero attached hydrogens (tertiary/aromatic N) is 2. The number of hydrogen-bond acceptors (Lipinski definition) is 4. The molecule has 0 aliphatic rings. The van der Waals surface area contributed by atoms with Crippen LogP contribution in [-0.4, -0.2) is 50.5 Å². The molecule has 11 heteroatoms. The summed E-state index contributed by atoms with van der Waals surface area (Å²) >= 11 is 12.6. The van der Waals surface area contributed by atoms with Crippen molar-refractivity contribution in [3.05, 3.63) is 63.9 Å². The second kappa shape index (κ2) is 13.3. The van der Waals surface area contributed by atoms with Crippen LogP contribution in [0.5, 0.6) is 0 Å². The maximum absolute atomic E-state index is 14.3. The van der Waals surface area contributed by atoms with E-state index in [1.807, 2.05) is 13.8 Å². The summed E-state index contributed by atoms with van der Waals surface area (Å²) in [6, 6.07) is 9.68. The number of benzene rings is 2. The Bertz CT molecular complexity index is 1160. The minimum absolute atomic E-state index is 0.00326. The largest absolute Gasteiger partial charge is 0.354 e. The number of carbonyl (C=O) groups excluding carboxylic acids is 2. The van der Waals surface area contributed by atoms with Crippen molar-refractivity contribution in [1.29, 1.82) is 0 Å². The molecule has 2 amide bonds. The van der Waals surface area contributed by atoms with Crippen molar-refractivity contribution in [3.8, 4) is 0 Å². The smallest absolute Gasteiger partial charge is 0.242 e. The monoisotopic (exact) mass is 559 g/mol. The Morgan fingerprint density at radius 2 is 1.64 bits per heavy atom. The fourth-order valence-corrected chi connectivity index (χ4v) is 5.01. The molecule has 0 spiro atoms. The number of hydrogen-bond donors (Lipinski definition) is 1. The highest BCUT2D eigenvalue weighted by Crippen LogP contribution is 2.27. The minimum Gasteiger partial charge on any atom is -0.354 e. The molecule has 1 atom stereocenters. The highest BCUT2D eigenvalue weighted by Gasteiger charge is 2.28. The topological polar surface area (TPSA) is 86.8 Å². The van der Waals surface area contributed by atoms with Gasteiger partial charge in [-0.2, -0.15) is 0 Å². The third-order valence-corrected chi connectivity index (χ3v) is 7.40. The van der Waals surface area contributed by atoms with Crippen LogP contribution in [0.3, 0.4) is 0 Å². The molecular formula is C25H32Cl2FN3O4S. The normalized spacial score (nSPS) is 12.3. The number of sulfonamides is 1. The molecule has 0 saturated carbocycles. The molecular weight excluding hydrogens is 528 g/mol. The SMILES string of the molecule is CC(C)CNC(=O)[C@@H](C)N(Cc1c(Cl)cccc1Cl)C(=O)CCCN(c1ccccc1F)S(C)(=O)=O. The summed E-state index contributed by atoms with van der Waals surface area (Å²) in [5.41, 5.74) is 0.412. The van der Waals surface area contributed by atoms with Gasteiger partial charge in [0.2, 0.25) is 21.8 Å². The van der Waals surface area contributed by atoms with Crippen molar-refractivity contribution >= 4 is 50.7 Å². The van der Waals surface area contributed by atoms with E-state index in [-0.39, 0.29) is 49.4 Å². The second-order valence-corrected chi connectivity index (χ2v) is 11.6. The van der Waals surface area contributed by atoms with Gasteiger partial charge < -0.3 is 10.2 Å². The van der Waals surface area contributed by atoms with Crippen LogP contribution >= 0.6 is 23.2 Å². The Kier molecular flexibility index (Phi) is 11.0. The van der Waals surface area contributed by atoms with Gasteiger partial charge in [0.25, 0.3) is 0 Å². The summed E-state index contributed by atoms with van der Waals surface area (Å²) in [5.74, 6) is -1.17. The van der Waals surface area contributed by atoms with Gasteiger partial charge in [-0.1, -0.05) is 55.2 Å². The highest BCUT2D eigenvalue weighted by atomic mass is 35.5. The highest BCUT2D eigenvalue weighted by molar-refractivity contribution is 7.92. The molecule has 0 bridgehead atoms. The molecule has 2 aromatic carbocycles. The van der Waals surface area contributed by atoms with Crippen LogP contribution in [0.1, 0.15) is 39.2 Å². The summed E-state index contributed by atoms with van der Waals surface area (Å²) < 4.78 is 39.8. The fraction of sp³-hybridized carbons (Fsp3) is 0.440. The van der Waals surface area contributed by atoms with Crippen LogP contribution < -0.4 is 9.62 Å². The van der Waals surface area contributed by atoms with Crippen molar-refractivity contribution < 1.29 is 22.4 Å². The van der Waals surface area contributed by atoms with Crippen LogP contribution in [0.25, 0.3) is 0 Å². The lowest BCUT2D eigenvalue weighted by molar-refractivity contribution is -0.140. The Morgan fingerprint density at radius 1 is 1.03 bits per heavy atom. The van der Waals surface area contributed by atoms with Gasteiger partial charge in [0.1, 0.15) is 11.9 Å². The quantitative estimate of drug-likeness (QED) is 0.402. The van der Waals surface area contributed by atoms with Gasteiger partial charge in [0.15, 0.2) is 0 Å². The first-order chi connectivity index (χ1) is 16.8. The Labute approximate surface area is 222 Å². The van der Waals surface area contributed by atoms with Gasteiger partial charge in [0, 0.05) is 41.7 Å². The van der Waals surface area contributed by atoms with E-state index in [0.717, 1.165) is 10.6 Å². The number of anilines is 1. The lowest BCUT2D eigenvalue weighted by Gasteiger charge is -2.30. The minimum atomic E-state index is -3.79. The lowest BCUT2D eigenvalue weighted by Crippen LogP contribution is -2.48. The average Bonchev–Trinajstić information content (AvgIpc) is 2.79. The number of nitrogens with one attached hydrogen (secondary N) is 1. The molecule has 0 aliphatic heterocycles. The van der Waals surface area contributed by atoms with E-state index in [0.29, 0.717) is 22.2 Å². The van der Waals surface area contributed by atoms with Gasteiger partial charge in [0.05, 0.1) is 11.9 Å². The molecule has 0 aliphatic carbocycles. The predicted octanol–water partition coefficient (Wildman–Crippen LogP) is 4.87. The first-order valence-corrected chi connectivity index (χ1v) is 14.2. The maximum Gasteiger partial charge on any atom is 0.242 e. The zero-order chi connectivity index (χ0) is 27.0. The van der Waals surface area contributed by atoms with E-state index in [9.17, 15) is 22.4 Å². The van der Waals surface area contributed by atoms with Gasteiger partial charge in [-0.05, 0) is 43.5 Å². The van der Waals surface area contributed by atoms with Gasteiger partial charge in [-0.25, -0.2) is 12.8 Å². The Morgan fingerprint density at radius 3 is 2.19 bits per heavy atom. The van der Waals surface area contributed by atoms with E-state index in [1.165, 1.54) is 29.2 Å². The van der Waals surface area contributed by atoms with Crippen LogP contribution in [0.4, 0.5) is 10.1 Å². The first kappa shape index (κ1) is 29.9. The number of para-hydroxylation sites is 1. The second-order valence-electron chi connectivity index (χ2n) is 8.93. The molecule has 36 heavy (non-hydrogen) atoms. The van der Waals surface area contributed by atoms with Crippen molar-refractivity contribution in [2.45, 2.75) is 46.2 Å². The van der Waals surface area contributed by atoms with Gasteiger partial charge >= 0.3 is 0 Å². The van der Waals surface area contributed by atoms with E-state index in [1.54, 1.807) is 25.1 Å². The van der Waals surface area contributed by atoms with Crippen LogP contribution in [0.2, 0.25) is 10.0 Å².